The van der Waals surface area contributed by atoms with Gasteiger partial charge in [0.05, 0.1) is 34.4 Å². The summed E-state index contributed by atoms with van der Waals surface area (Å²) in [4.78, 5) is 25.7. The third-order valence-electron chi connectivity index (χ3n) is 5.51. The lowest BCUT2D eigenvalue weighted by Gasteiger charge is -2.34. The smallest absolute Gasteiger partial charge is 0.335 e. The van der Waals surface area contributed by atoms with Gasteiger partial charge in [-0.25, -0.2) is 13.2 Å². The van der Waals surface area contributed by atoms with Crippen LogP contribution in [0.15, 0.2) is 47.4 Å². The van der Waals surface area contributed by atoms with E-state index >= 15 is 0 Å². The van der Waals surface area contributed by atoms with E-state index in [0.717, 1.165) is 18.4 Å². The molecule has 1 heterocycles. The molecule has 1 aliphatic heterocycles. The predicted molar refractivity (Wildman–Crippen MR) is 122 cm³/mol. The lowest BCUT2D eigenvalue weighted by molar-refractivity contribution is -0.148. The second-order valence-corrected chi connectivity index (χ2v) is 9.36. The number of rotatable bonds is 8. The third-order valence-corrected chi connectivity index (χ3v) is 6.89. The van der Waals surface area contributed by atoms with Crippen LogP contribution in [0.1, 0.15) is 42.6 Å². The molecule has 1 atom stereocenters. The minimum absolute atomic E-state index is 0.0354. The standard InChI is InChI=1S/C23H28N2O6S/c1-3-16-7-10-19(11-8-16)32(29,30)24-20-14-17(22(26)27)9-12-21(20)25-13-5-6-18(15-25)23(28)31-4-2/h7-12,14,18,24H,3-6,13,15H2,1-2H3,(H,26,27)/t18-/m1/s1. The second kappa shape index (κ2) is 10.0. The molecule has 0 aromatic heterocycles. The van der Waals surface area contributed by atoms with Crippen LogP contribution < -0.4 is 9.62 Å². The van der Waals surface area contributed by atoms with Crippen molar-refractivity contribution in [2.24, 2.45) is 5.92 Å². The normalized spacial score (nSPS) is 16.4. The lowest BCUT2D eigenvalue weighted by atomic mass is 9.97. The Bertz CT molecular complexity index is 1080. The maximum atomic E-state index is 13.0. The van der Waals surface area contributed by atoms with Crippen LogP contribution in [-0.2, 0) is 26.0 Å². The van der Waals surface area contributed by atoms with E-state index in [2.05, 4.69) is 4.72 Å². The number of piperidine rings is 1. The number of hydrogen-bond donors (Lipinski definition) is 2. The number of benzene rings is 2. The van der Waals surface area contributed by atoms with E-state index in [1.54, 1.807) is 25.1 Å². The summed E-state index contributed by atoms with van der Waals surface area (Å²) in [6.07, 6.45) is 2.21. The molecular weight excluding hydrogens is 432 g/mol. The molecule has 3 rings (SSSR count). The van der Waals surface area contributed by atoms with Crippen molar-refractivity contribution in [3.8, 4) is 0 Å². The highest BCUT2D eigenvalue weighted by Crippen LogP contribution is 2.33. The van der Waals surface area contributed by atoms with Gasteiger partial charge in [0.25, 0.3) is 10.0 Å². The third kappa shape index (κ3) is 5.40. The highest BCUT2D eigenvalue weighted by molar-refractivity contribution is 7.92. The quantitative estimate of drug-likeness (QED) is 0.580. The van der Waals surface area contributed by atoms with Crippen molar-refractivity contribution in [2.75, 3.05) is 29.3 Å². The van der Waals surface area contributed by atoms with Gasteiger partial charge >= 0.3 is 11.9 Å². The fourth-order valence-corrected chi connectivity index (χ4v) is 4.85. The van der Waals surface area contributed by atoms with Crippen LogP contribution in [0.5, 0.6) is 0 Å². The number of nitrogens with one attached hydrogen (secondary N) is 1. The van der Waals surface area contributed by atoms with Crippen molar-refractivity contribution in [3.63, 3.8) is 0 Å². The molecule has 0 radical (unpaired) electrons. The number of hydrogen-bond acceptors (Lipinski definition) is 6. The SMILES string of the molecule is CCOC(=O)[C@@H]1CCCN(c2ccc(C(=O)O)cc2NS(=O)(=O)c2ccc(CC)cc2)C1. The summed E-state index contributed by atoms with van der Waals surface area (Å²) in [5.74, 6) is -1.77. The maximum absolute atomic E-state index is 13.0. The number of carbonyl (C=O) groups excluding carboxylic acids is 1. The number of aryl methyl sites for hydroxylation is 1. The first-order valence-corrected chi connectivity index (χ1v) is 12.1. The molecule has 0 aliphatic carbocycles. The van der Waals surface area contributed by atoms with Gasteiger partial charge in [-0.05, 0) is 62.1 Å². The van der Waals surface area contributed by atoms with Gasteiger partial charge in [0.2, 0.25) is 0 Å². The van der Waals surface area contributed by atoms with Crippen molar-refractivity contribution >= 4 is 33.3 Å². The highest BCUT2D eigenvalue weighted by atomic mass is 32.2. The monoisotopic (exact) mass is 460 g/mol. The summed E-state index contributed by atoms with van der Waals surface area (Å²) in [6.45, 7) is 5.01. The van der Waals surface area contributed by atoms with Crippen molar-refractivity contribution in [2.45, 2.75) is 38.0 Å². The summed E-state index contributed by atoms with van der Waals surface area (Å²) in [7, 11) is -3.94. The number of sulfonamides is 1. The van der Waals surface area contributed by atoms with Crippen molar-refractivity contribution in [3.05, 3.63) is 53.6 Å². The minimum atomic E-state index is -3.94. The predicted octanol–water partition coefficient (Wildman–Crippen LogP) is 3.53. The van der Waals surface area contributed by atoms with E-state index in [9.17, 15) is 23.1 Å². The van der Waals surface area contributed by atoms with E-state index in [1.807, 2.05) is 11.8 Å². The van der Waals surface area contributed by atoms with Gasteiger partial charge in [0.15, 0.2) is 0 Å². The van der Waals surface area contributed by atoms with Gasteiger partial charge in [0, 0.05) is 13.1 Å². The summed E-state index contributed by atoms with van der Waals surface area (Å²) in [5.41, 5.74) is 1.66. The molecule has 1 fully saturated rings. The Kier molecular flexibility index (Phi) is 7.40. The lowest BCUT2D eigenvalue weighted by Crippen LogP contribution is -2.39. The molecule has 0 saturated carbocycles. The summed E-state index contributed by atoms with van der Waals surface area (Å²) in [5, 5.41) is 9.41. The van der Waals surface area contributed by atoms with Gasteiger partial charge < -0.3 is 14.7 Å². The fraction of sp³-hybridized carbons (Fsp3) is 0.391. The Balaban J connectivity index is 1.94. The molecule has 0 unspecified atom stereocenters. The number of carbonyl (C=O) groups is 2. The van der Waals surface area contributed by atoms with E-state index in [1.165, 1.54) is 24.3 Å². The van der Waals surface area contributed by atoms with Crippen molar-refractivity contribution in [1.29, 1.82) is 0 Å². The van der Waals surface area contributed by atoms with Crippen LogP contribution in [0.2, 0.25) is 0 Å². The maximum Gasteiger partial charge on any atom is 0.335 e. The number of ether oxygens (including phenoxy) is 1. The Labute approximate surface area is 188 Å². The first-order valence-electron chi connectivity index (χ1n) is 10.7. The zero-order valence-electron chi connectivity index (χ0n) is 18.2. The summed E-state index contributed by atoms with van der Waals surface area (Å²) in [6, 6.07) is 10.9. The molecule has 8 nitrogen and oxygen atoms in total. The van der Waals surface area contributed by atoms with Crippen LogP contribution in [0.4, 0.5) is 11.4 Å². The largest absolute Gasteiger partial charge is 0.478 e. The second-order valence-electron chi connectivity index (χ2n) is 7.68. The average molecular weight is 461 g/mol. The molecular formula is C23H28N2O6S. The molecule has 172 valence electrons. The van der Waals surface area contributed by atoms with Crippen molar-refractivity contribution in [1.82, 2.24) is 0 Å². The number of nitrogens with zero attached hydrogens (tertiary/aromatic N) is 1. The summed E-state index contributed by atoms with van der Waals surface area (Å²) >= 11 is 0. The molecule has 9 heteroatoms. The molecule has 0 amide bonds. The van der Waals surface area contributed by atoms with Gasteiger partial charge in [-0.1, -0.05) is 19.1 Å². The van der Waals surface area contributed by atoms with Gasteiger partial charge in [0.1, 0.15) is 0 Å². The van der Waals surface area contributed by atoms with Crippen LogP contribution in [0, 0.1) is 5.92 Å². The molecule has 0 spiro atoms. The number of esters is 1. The number of carboxylic acids is 1. The molecule has 2 N–H and O–H groups in total. The van der Waals surface area contributed by atoms with E-state index in [0.29, 0.717) is 31.8 Å². The van der Waals surface area contributed by atoms with E-state index in [-0.39, 0.29) is 28.0 Å². The molecule has 1 saturated heterocycles. The number of aromatic carboxylic acids is 1. The minimum Gasteiger partial charge on any atom is -0.478 e. The summed E-state index contributed by atoms with van der Waals surface area (Å²) < 4.78 is 33.8. The van der Waals surface area contributed by atoms with E-state index < -0.39 is 16.0 Å². The zero-order chi connectivity index (χ0) is 23.3. The first-order chi connectivity index (χ1) is 15.2. The van der Waals surface area contributed by atoms with E-state index in [4.69, 9.17) is 4.74 Å². The Morgan fingerprint density at radius 3 is 2.50 bits per heavy atom. The number of anilines is 2. The Morgan fingerprint density at radius 1 is 1.16 bits per heavy atom. The van der Waals surface area contributed by atoms with Gasteiger partial charge in [-0.15, -0.1) is 0 Å². The fourth-order valence-electron chi connectivity index (χ4n) is 3.78. The molecule has 32 heavy (non-hydrogen) atoms. The van der Waals surface area contributed by atoms with Crippen LogP contribution >= 0.6 is 0 Å². The first kappa shape index (κ1) is 23.6. The highest BCUT2D eigenvalue weighted by Gasteiger charge is 2.29. The molecule has 0 bridgehead atoms. The molecule has 2 aromatic carbocycles. The Morgan fingerprint density at radius 2 is 1.88 bits per heavy atom. The van der Waals surface area contributed by atoms with Crippen LogP contribution in [-0.4, -0.2) is 45.2 Å². The van der Waals surface area contributed by atoms with Crippen LogP contribution in [0.3, 0.4) is 0 Å². The zero-order valence-corrected chi connectivity index (χ0v) is 19.0. The van der Waals surface area contributed by atoms with Crippen LogP contribution in [0.25, 0.3) is 0 Å². The molecule has 1 aliphatic rings. The van der Waals surface area contributed by atoms with Gasteiger partial charge in [-0.2, -0.15) is 0 Å². The Hall–Kier alpha value is -3.07. The topological polar surface area (TPSA) is 113 Å². The van der Waals surface area contributed by atoms with Crippen molar-refractivity contribution < 1.29 is 27.9 Å². The average Bonchev–Trinajstić information content (AvgIpc) is 2.79. The molecule has 2 aromatic rings. The van der Waals surface area contributed by atoms with Gasteiger partial charge in [-0.3, -0.25) is 9.52 Å². The number of carboxylic acid groups (broad SMARTS) is 1.